The van der Waals surface area contributed by atoms with Crippen molar-refractivity contribution in [3.63, 3.8) is 0 Å². The number of carbonyl (C=O) groups is 2. The van der Waals surface area contributed by atoms with Crippen LogP contribution in [0.3, 0.4) is 0 Å². The second-order valence-electron chi connectivity index (χ2n) is 5.71. The summed E-state index contributed by atoms with van der Waals surface area (Å²) in [5.41, 5.74) is 1.47. The van der Waals surface area contributed by atoms with Crippen molar-refractivity contribution in [1.82, 2.24) is 10.3 Å². The summed E-state index contributed by atoms with van der Waals surface area (Å²) in [5, 5.41) is 5.25. The van der Waals surface area contributed by atoms with E-state index in [1.54, 1.807) is 19.2 Å². The molecular formula is C18H19N3O4. The molecule has 2 N–H and O–H groups in total. The highest BCUT2D eigenvalue weighted by atomic mass is 16.5. The molecule has 1 fully saturated rings. The van der Waals surface area contributed by atoms with Crippen LogP contribution in [0.15, 0.2) is 42.6 Å². The Morgan fingerprint density at radius 2 is 1.84 bits per heavy atom. The summed E-state index contributed by atoms with van der Waals surface area (Å²) >= 11 is 0. The zero-order chi connectivity index (χ0) is 17.8. The summed E-state index contributed by atoms with van der Waals surface area (Å²) in [7, 11) is 3.06. The minimum atomic E-state index is -0.744. The van der Waals surface area contributed by atoms with Crippen molar-refractivity contribution in [2.45, 2.75) is 18.4 Å². The second-order valence-corrected chi connectivity index (χ2v) is 5.71. The van der Waals surface area contributed by atoms with E-state index in [1.807, 2.05) is 24.3 Å². The smallest absolute Gasteiger partial charge is 0.313 e. The first-order valence-corrected chi connectivity index (χ1v) is 7.87. The molecule has 0 radical (unpaired) electrons. The third-order valence-corrected chi connectivity index (χ3v) is 4.07. The van der Waals surface area contributed by atoms with Crippen LogP contribution >= 0.6 is 0 Å². The first-order chi connectivity index (χ1) is 12.1. The summed E-state index contributed by atoms with van der Waals surface area (Å²) in [5.74, 6) is -0.157. The molecule has 1 saturated carbocycles. The molecule has 0 aliphatic heterocycles. The fourth-order valence-corrected chi connectivity index (χ4v) is 2.64. The number of pyridine rings is 1. The second kappa shape index (κ2) is 7.21. The topological polar surface area (TPSA) is 89.5 Å². The van der Waals surface area contributed by atoms with E-state index in [-0.39, 0.29) is 17.8 Å². The molecule has 0 spiro atoms. The van der Waals surface area contributed by atoms with Crippen LogP contribution in [0.2, 0.25) is 0 Å². The number of methoxy groups -OCH3 is 2. The monoisotopic (exact) mass is 341 g/mol. The molecule has 1 heterocycles. The largest absolute Gasteiger partial charge is 0.497 e. The number of aromatic nitrogens is 1. The number of carbonyl (C=O) groups excluding carboxylic acids is 2. The van der Waals surface area contributed by atoms with Gasteiger partial charge >= 0.3 is 11.8 Å². The van der Waals surface area contributed by atoms with Crippen molar-refractivity contribution in [2.75, 3.05) is 19.5 Å². The Labute approximate surface area is 145 Å². The molecular weight excluding hydrogens is 322 g/mol. The van der Waals surface area contributed by atoms with E-state index in [0.29, 0.717) is 5.69 Å². The maximum atomic E-state index is 12.1. The molecule has 7 nitrogen and oxygen atoms in total. The maximum absolute atomic E-state index is 12.1. The standard InChI is InChI=1S/C18H19N3O4/c1-24-12-7-5-11(6-8-12)13-10-15(13)21-17(23)16(22)20-14-4-3-9-19-18(14)25-2/h3-9,13,15H,10H2,1-2H3,(H,20,22)(H,21,23)/t13-,15+/m0/s1. The van der Waals surface area contributed by atoms with Gasteiger partial charge in [-0.05, 0) is 36.2 Å². The van der Waals surface area contributed by atoms with Crippen LogP contribution in [0.1, 0.15) is 17.9 Å². The lowest BCUT2D eigenvalue weighted by Gasteiger charge is -2.09. The minimum Gasteiger partial charge on any atom is -0.497 e. The molecule has 2 aromatic rings. The number of rotatable bonds is 5. The maximum Gasteiger partial charge on any atom is 0.313 e. The molecule has 2 atom stereocenters. The van der Waals surface area contributed by atoms with Gasteiger partial charge in [0.05, 0.1) is 14.2 Å². The molecule has 2 amide bonds. The summed E-state index contributed by atoms with van der Waals surface area (Å²) in [6.07, 6.45) is 2.35. The lowest BCUT2D eigenvalue weighted by Crippen LogP contribution is -2.37. The fraction of sp³-hybridized carbons (Fsp3) is 0.278. The van der Waals surface area contributed by atoms with Crippen LogP contribution < -0.4 is 20.1 Å². The Kier molecular flexibility index (Phi) is 4.83. The molecule has 130 valence electrons. The van der Waals surface area contributed by atoms with Crippen molar-refractivity contribution < 1.29 is 19.1 Å². The highest BCUT2D eigenvalue weighted by Gasteiger charge is 2.40. The van der Waals surface area contributed by atoms with Crippen LogP contribution in [-0.2, 0) is 9.59 Å². The van der Waals surface area contributed by atoms with E-state index in [9.17, 15) is 9.59 Å². The lowest BCUT2D eigenvalue weighted by atomic mass is 10.1. The highest BCUT2D eigenvalue weighted by molar-refractivity contribution is 6.39. The van der Waals surface area contributed by atoms with Gasteiger partial charge in [-0.1, -0.05) is 12.1 Å². The van der Waals surface area contributed by atoms with E-state index in [2.05, 4.69) is 15.6 Å². The molecule has 3 rings (SSSR count). The number of ether oxygens (including phenoxy) is 2. The van der Waals surface area contributed by atoms with Gasteiger partial charge in [-0.2, -0.15) is 0 Å². The van der Waals surface area contributed by atoms with Gasteiger partial charge in [0.25, 0.3) is 0 Å². The van der Waals surface area contributed by atoms with Gasteiger partial charge in [-0.3, -0.25) is 9.59 Å². The van der Waals surface area contributed by atoms with Gasteiger partial charge in [-0.15, -0.1) is 0 Å². The summed E-state index contributed by atoms with van der Waals surface area (Å²) in [6.45, 7) is 0. The Morgan fingerprint density at radius 1 is 1.08 bits per heavy atom. The van der Waals surface area contributed by atoms with Crippen molar-refractivity contribution in [3.8, 4) is 11.6 Å². The first-order valence-electron chi connectivity index (χ1n) is 7.87. The fourth-order valence-electron chi connectivity index (χ4n) is 2.64. The van der Waals surface area contributed by atoms with Crippen molar-refractivity contribution >= 4 is 17.5 Å². The van der Waals surface area contributed by atoms with Gasteiger partial charge in [0.15, 0.2) is 0 Å². The molecule has 25 heavy (non-hydrogen) atoms. The van der Waals surface area contributed by atoms with Crippen molar-refractivity contribution in [2.24, 2.45) is 0 Å². The Bertz CT molecular complexity index is 776. The number of hydrogen-bond donors (Lipinski definition) is 2. The Hall–Kier alpha value is -3.09. The van der Waals surface area contributed by atoms with E-state index in [1.165, 1.54) is 13.3 Å². The third-order valence-electron chi connectivity index (χ3n) is 4.07. The average Bonchev–Trinajstić information content (AvgIpc) is 3.41. The molecule has 0 bridgehead atoms. The quantitative estimate of drug-likeness (QED) is 0.808. The average molecular weight is 341 g/mol. The Morgan fingerprint density at radius 3 is 2.52 bits per heavy atom. The summed E-state index contributed by atoms with van der Waals surface area (Å²) in [4.78, 5) is 28.1. The predicted octanol–water partition coefficient (Wildman–Crippen LogP) is 1.71. The van der Waals surface area contributed by atoms with E-state index in [4.69, 9.17) is 9.47 Å². The van der Waals surface area contributed by atoms with Crippen LogP contribution in [0.4, 0.5) is 5.69 Å². The molecule has 1 aliphatic rings. The number of anilines is 1. The Balaban J connectivity index is 1.55. The number of nitrogens with one attached hydrogen (secondary N) is 2. The van der Waals surface area contributed by atoms with Crippen molar-refractivity contribution in [1.29, 1.82) is 0 Å². The highest BCUT2D eigenvalue weighted by Crippen LogP contribution is 2.41. The molecule has 0 saturated heterocycles. The molecule has 0 unspecified atom stereocenters. The number of amides is 2. The minimum absolute atomic E-state index is 0.0394. The van der Waals surface area contributed by atoms with E-state index < -0.39 is 11.8 Å². The summed E-state index contributed by atoms with van der Waals surface area (Å²) < 4.78 is 10.2. The lowest BCUT2D eigenvalue weighted by molar-refractivity contribution is -0.136. The van der Waals surface area contributed by atoms with Gasteiger partial charge < -0.3 is 20.1 Å². The summed E-state index contributed by atoms with van der Waals surface area (Å²) in [6, 6.07) is 10.9. The number of hydrogen-bond acceptors (Lipinski definition) is 5. The molecule has 1 aromatic carbocycles. The van der Waals surface area contributed by atoms with Crippen LogP contribution in [0, 0.1) is 0 Å². The first kappa shape index (κ1) is 16.8. The zero-order valence-electron chi connectivity index (χ0n) is 14.0. The molecule has 1 aromatic heterocycles. The van der Waals surface area contributed by atoms with E-state index in [0.717, 1.165) is 17.7 Å². The van der Waals surface area contributed by atoms with Gasteiger partial charge in [-0.25, -0.2) is 4.98 Å². The van der Waals surface area contributed by atoms with Crippen LogP contribution in [0.25, 0.3) is 0 Å². The number of nitrogens with zero attached hydrogens (tertiary/aromatic N) is 1. The predicted molar refractivity (Wildman–Crippen MR) is 91.7 cm³/mol. The van der Waals surface area contributed by atoms with Gasteiger partial charge in [0.2, 0.25) is 5.88 Å². The normalized spacial score (nSPS) is 18.2. The molecule has 7 heteroatoms. The van der Waals surface area contributed by atoms with Gasteiger partial charge in [0, 0.05) is 18.2 Å². The van der Waals surface area contributed by atoms with Crippen molar-refractivity contribution in [3.05, 3.63) is 48.2 Å². The number of benzene rings is 1. The zero-order valence-corrected chi connectivity index (χ0v) is 14.0. The van der Waals surface area contributed by atoms with Crippen LogP contribution in [0.5, 0.6) is 11.6 Å². The van der Waals surface area contributed by atoms with E-state index >= 15 is 0 Å². The molecule has 1 aliphatic carbocycles. The van der Waals surface area contributed by atoms with Gasteiger partial charge in [0.1, 0.15) is 11.4 Å². The van der Waals surface area contributed by atoms with Crippen LogP contribution in [-0.4, -0.2) is 37.1 Å². The SMILES string of the molecule is COc1ccc([C@@H]2C[C@H]2NC(=O)C(=O)Nc2cccnc2OC)cc1. The third kappa shape index (κ3) is 3.88.